The van der Waals surface area contributed by atoms with Crippen LogP contribution in [0.5, 0.6) is 5.75 Å². The van der Waals surface area contributed by atoms with Crippen molar-refractivity contribution >= 4 is 5.91 Å². The van der Waals surface area contributed by atoms with Crippen molar-refractivity contribution in [3.63, 3.8) is 0 Å². The quantitative estimate of drug-likeness (QED) is 0.859. The number of fused-ring (bicyclic) bond motifs is 1. The first kappa shape index (κ1) is 15.8. The SMILES string of the molecule is CC1(C)Oc2ccc(C#N)cc2C(N2CCCC2=O)C1OCO. The van der Waals surface area contributed by atoms with E-state index in [9.17, 15) is 15.2 Å². The van der Waals surface area contributed by atoms with E-state index in [1.165, 1.54) is 0 Å². The molecule has 1 fully saturated rings. The lowest BCUT2D eigenvalue weighted by molar-refractivity contribution is -0.168. The average molecular weight is 316 g/mol. The van der Waals surface area contributed by atoms with Crippen molar-refractivity contribution in [3.05, 3.63) is 29.3 Å². The Kier molecular flexibility index (Phi) is 4.00. The zero-order valence-electron chi connectivity index (χ0n) is 13.3. The topological polar surface area (TPSA) is 82.8 Å². The summed E-state index contributed by atoms with van der Waals surface area (Å²) >= 11 is 0. The van der Waals surface area contributed by atoms with Gasteiger partial charge in [-0.2, -0.15) is 5.26 Å². The summed E-state index contributed by atoms with van der Waals surface area (Å²) in [6.45, 7) is 3.94. The summed E-state index contributed by atoms with van der Waals surface area (Å²) in [5, 5.41) is 18.5. The van der Waals surface area contributed by atoms with Crippen LogP contribution in [0.25, 0.3) is 0 Å². The Morgan fingerprint density at radius 2 is 2.30 bits per heavy atom. The molecule has 122 valence electrons. The molecule has 1 saturated heterocycles. The molecule has 0 aromatic heterocycles. The lowest BCUT2D eigenvalue weighted by Gasteiger charge is -2.47. The van der Waals surface area contributed by atoms with Gasteiger partial charge >= 0.3 is 0 Å². The van der Waals surface area contributed by atoms with Gasteiger partial charge in [0.15, 0.2) is 0 Å². The molecule has 0 bridgehead atoms. The van der Waals surface area contributed by atoms with Crippen LogP contribution in [0.15, 0.2) is 18.2 Å². The van der Waals surface area contributed by atoms with Gasteiger partial charge in [-0.15, -0.1) is 0 Å². The first-order valence-electron chi connectivity index (χ1n) is 7.73. The Balaban J connectivity index is 2.13. The molecule has 6 heteroatoms. The highest BCUT2D eigenvalue weighted by Crippen LogP contribution is 2.45. The molecule has 0 spiro atoms. The van der Waals surface area contributed by atoms with Crippen molar-refractivity contribution in [2.45, 2.75) is 44.4 Å². The van der Waals surface area contributed by atoms with Gasteiger partial charge in [-0.3, -0.25) is 4.79 Å². The minimum absolute atomic E-state index is 0.0625. The van der Waals surface area contributed by atoms with Crippen LogP contribution in [0.3, 0.4) is 0 Å². The molecule has 0 radical (unpaired) electrons. The summed E-state index contributed by atoms with van der Waals surface area (Å²) in [6, 6.07) is 6.95. The predicted molar refractivity (Wildman–Crippen MR) is 81.5 cm³/mol. The highest BCUT2D eigenvalue weighted by Gasteiger charge is 2.49. The second-order valence-electron chi connectivity index (χ2n) is 6.42. The number of nitrogens with zero attached hydrogens (tertiary/aromatic N) is 2. The Labute approximate surface area is 135 Å². The first-order chi connectivity index (χ1) is 11.0. The van der Waals surface area contributed by atoms with Crippen molar-refractivity contribution in [1.82, 2.24) is 4.90 Å². The number of hydrogen-bond acceptors (Lipinski definition) is 5. The maximum atomic E-state index is 12.3. The summed E-state index contributed by atoms with van der Waals surface area (Å²) in [5.41, 5.74) is 0.556. The number of benzene rings is 1. The average Bonchev–Trinajstić information content (AvgIpc) is 2.93. The summed E-state index contributed by atoms with van der Waals surface area (Å²) < 4.78 is 11.6. The monoisotopic (exact) mass is 316 g/mol. The molecule has 0 saturated carbocycles. The lowest BCUT2D eigenvalue weighted by atomic mass is 9.85. The third-order valence-corrected chi connectivity index (χ3v) is 4.50. The van der Waals surface area contributed by atoms with Crippen LogP contribution in [0.4, 0.5) is 0 Å². The van der Waals surface area contributed by atoms with Gasteiger partial charge in [0.05, 0.1) is 17.7 Å². The maximum absolute atomic E-state index is 12.3. The molecular formula is C17H20N2O4. The molecule has 1 aromatic carbocycles. The Bertz CT molecular complexity index is 665. The van der Waals surface area contributed by atoms with E-state index in [1.807, 2.05) is 13.8 Å². The number of amides is 1. The van der Waals surface area contributed by atoms with Crippen LogP contribution in [0, 0.1) is 11.3 Å². The van der Waals surface area contributed by atoms with Gasteiger partial charge in [-0.05, 0) is 38.5 Å². The third kappa shape index (κ3) is 2.67. The number of carbonyl (C=O) groups excluding carboxylic acids is 1. The minimum Gasteiger partial charge on any atom is -0.485 e. The molecule has 2 atom stereocenters. The van der Waals surface area contributed by atoms with Gasteiger partial charge in [0.25, 0.3) is 0 Å². The molecule has 1 aromatic rings. The fraction of sp³-hybridized carbons (Fsp3) is 0.529. The lowest BCUT2D eigenvalue weighted by Crippen LogP contribution is -2.55. The number of carbonyl (C=O) groups is 1. The Hall–Kier alpha value is -2.10. The van der Waals surface area contributed by atoms with E-state index >= 15 is 0 Å². The van der Waals surface area contributed by atoms with Crippen molar-refractivity contribution in [3.8, 4) is 11.8 Å². The van der Waals surface area contributed by atoms with Crippen LogP contribution in [-0.2, 0) is 9.53 Å². The third-order valence-electron chi connectivity index (χ3n) is 4.50. The van der Waals surface area contributed by atoms with Crippen molar-refractivity contribution in [2.75, 3.05) is 13.3 Å². The number of rotatable bonds is 3. The van der Waals surface area contributed by atoms with Crippen molar-refractivity contribution in [1.29, 1.82) is 5.26 Å². The van der Waals surface area contributed by atoms with Gasteiger partial charge in [-0.25, -0.2) is 0 Å². The largest absolute Gasteiger partial charge is 0.485 e. The van der Waals surface area contributed by atoms with E-state index in [2.05, 4.69) is 6.07 Å². The highest BCUT2D eigenvalue weighted by atomic mass is 16.6. The number of likely N-dealkylation sites (tertiary alicyclic amines) is 1. The van der Waals surface area contributed by atoms with Gasteiger partial charge < -0.3 is 19.5 Å². The number of nitriles is 1. The summed E-state index contributed by atoms with van der Waals surface area (Å²) in [6.07, 6.45) is 0.795. The second-order valence-corrected chi connectivity index (χ2v) is 6.42. The molecule has 1 amide bonds. The zero-order chi connectivity index (χ0) is 16.6. The number of ether oxygens (including phenoxy) is 2. The van der Waals surface area contributed by atoms with Crippen LogP contribution in [0.1, 0.15) is 43.9 Å². The van der Waals surface area contributed by atoms with E-state index in [0.717, 1.165) is 12.0 Å². The van der Waals surface area contributed by atoms with Crippen molar-refractivity contribution in [2.24, 2.45) is 0 Å². The van der Waals surface area contributed by atoms with Crippen LogP contribution < -0.4 is 4.74 Å². The van der Waals surface area contributed by atoms with Gasteiger partial charge in [-0.1, -0.05) is 0 Å². The molecule has 0 aliphatic carbocycles. The normalized spacial score (nSPS) is 25.7. The van der Waals surface area contributed by atoms with E-state index in [0.29, 0.717) is 24.3 Å². The molecule has 3 rings (SSSR count). The van der Waals surface area contributed by atoms with E-state index in [1.54, 1.807) is 23.1 Å². The smallest absolute Gasteiger partial charge is 0.223 e. The van der Waals surface area contributed by atoms with E-state index < -0.39 is 18.5 Å². The molecule has 6 nitrogen and oxygen atoms in total. The molecule has 23 heavy (non-hydrogen) atoms. The standard InChI is InChI=1S/C17H20N2O4/c1-17(2)16(22-10-20)15(19-7-3-4-14(19)21)12-8-11(9-18)5-6-13(12)23-17/h5-6,8,15-16,20H,3-4,7,10H2,1-2H3. The fourth-order valence-electron chi connectivity index (χ4n) is 3.49. The number of hydrogen-bond donors (Lipinski definition) is 1. The van der Waals surface area contributed by atoms with E-state index in [4.69, 9.17) is 9.47 Å². The van der Waals surface area contributed by atoms with Crippen LogP contribution in [0.2, 0.25) is 0 Å². The maximum Gasteiger partial charge on any atom is 0.223 e. The second kappa shape index (κ2) is 5.84. The minimum atomic E-state index is -0.711. The highest BCUT2D eigenvalue weighted by molar-refractivity contribution is 5.79. The molecule has 2 aliphatic rings. The number of aliphatic hydroxyl groups is 1. The zero-order valence-corrected chi connectivity index (χ0v) is 13.3. The predicted octanol–water partition coefficient (Wildman–Crippen LogP) is 1.73. The Morgan fingerprint density at radius 1 is 1.52 bits per heavy atom. The fourth-order valence-corrected chi connectivity index (χ4v) is 3.49. The molecule has 2 aliphatic heterocycles. The van der Waals surface area contributed by atoms with Gasteiger partial charge in [0.2, 0.25) is 5.91 Å². The van der Waals surface area contributed by atoms with Crippen LogP contribution in [-0.4, -0.2) is 41.0 Å². The molecule has 2 heterocycles. The summed E-state index contributed by atoms with van der Waals surface area (Å²) in [4.78, 5) is 14.1. The number of aliphatic hydroxyl groups excluding tert-OH is 1. The molecule has 1 N–H and O–H groups in total. The molecule has 2 unspecified atom stereocenters. The molecular weight excluding hydrogens is 296 g/mol. The Morgan fingerprint density at radius 3 is 2.91 bits per heavy atom. The summed E-state index contributed by atoms with van der Waals surface area (Å²) in [7, 11) is 0. The van der Waals surface area contributed by atoms with Gasteiger partial charge in [0, 0.05) is 18.5 Å². The van der Waals surface area contributed by atoms with Crippen molar-refractivity contribution < 1.29 is 19.4 Å². The van der Waals surface area contributed by atoms with Crippen LogP contribution >= 0.6 is 0 Å². The van der Waals surface area contributed by atoms with Gasteiger partial charge in [0.1, 0.15) is 24.2 Å². The first-order valence-corrected chi connectivity index (χ1v) is 7.73. The van der Waals surface area contributed by atoms with E-state index in [-0.39, 0.29) is 11.9 Å². The summed E-state index contributed by atoms with van der Waals surface area (Å²) in [5.74, 6) is 0.712.